The number of carbonyl (C=O) groups excluding carboxylic acids is 1. The smallest absolute Gasteiger partial charge is 0.322 e. The summed E-state index contributed by atoms with van der Waals surface area (Å²) in [5.74, 6) is 2.00. The zero-order chi connectivity index (χ0) is 20.2. The number of aromatic nitrogens is 4. The standard InChI is InChI=1S/C19H20ClN7O2/c1-29-16-4-3-14(20)13-15(16)22-19(28)26-11-9-25(10-12-26)17-5-6-18(24-23-17)27-8-2-7-21-27/h2-8,13H,9-12H2,1H3,(H,22,28). The summed E-state index contributed by atoms with van der Waals surface area (Å²) < 4.78 is 6.93. The Morgan fingerprint density at radius 2 is 1.86 bits per heavy atom. The lowest BCUT2D eigenvalue weighted by molar-refractivity contribution is 0.208. The summed E-state index contributed by atoms with van der Waals surface area (Å²) in [5.41, 5.74) is 0.549. The van der Waals surface area contributed by atoms with Gasteiger partial charge in [0.15, 0.2) is 11.6 Å². The minimum atomic E-state index is -0.190. The van der Waals surface area contributed by atoms with Crippen LogP contribution in [0.25, 0.3) is 5.82 Å². The maximum Gasteiger partial charge on any atom is 0.322 e. The first-order valence-electron chi connectivity index (χ1n) is 9.12. The van der Waals surface area contributed by atoms with Crippen molar-refractivity contribution in [1.82, 2.24) is 24.9 Å². The molecule has 3 aromatic rings. The highest BCUT2D eigenvalue weighted by Gasteiger charge is 2.23. The van der Waals surface area contributed by atoms with Crippen LogP contribution in [-0.2, 0) is 0 Å². The van der Waals surface area contributed by atoms with Crippen LogP contribution in [0.1, 0.15) is 0 Å². The monoisotopic (exact) mass is 413 g/mol. The van der Waals surface area contributed by atoms with Gasteiger partial charge in [-0.05, 0) is 36.4 Å². The first-order chi connectivity index (χ1) is 14.1. The third-order valence-corrected chi connectivity index (χ3v) is 4.90. The van der Waals surface area contributed by atoms with Gasteiger partial charge >= 0.3 is 6.03 Å². The average Bonchev–Trinajstić information content (AvgIpc) is 3.29. The quantitative estimate of drug-likeness (QED) is 0.707. The Kier molecular flexibility index (Phi) is 5.48. The molecule has 2 aromatic heterocycles. The van der Waals surface area contributed by atoms with Crippen molar-refractivity contribution in [3.8, 4) is 11.6 Å². The molecule has 1 aliphatic heterocycles. The minimum absolute atomic E-state index is 0.190. The van der Waals surface area contributed by atoms with Crippen LogP contribution in [0, 0.1) is 0 Å². The number of halogens is 1. The normalized spacial score (nSPS) is 14.0. The van der Waals surface area contributed by atoms with E-state index in [1.165, 1.54) is 0 Å². The minimum Gasteiger partial charge on any atom is -0.495 e. The fourth-order valence-corrected chi connectivity index (χ4v) is 3.30. The molecule has 0 spiro atoms. The molecule has 2 amide bonds. The van der Waals surface area contributed by atoms with Gasteiger partial charge in [-0.1, -0.05) is 11.6 Å². The van der Waals surface area contributed by atoms with E-state index in [2.05, 4.69) is 25.5 Å². The molecule has 29 heavy (non-hydrogen) atoms. The van der Waals surface area contributed by atoms with Crippen molar-refractivity contribution in [3.63, 3.8) is 0 Å². The number of amides is 2. The van der Waals surface area contributed by atoms with Gasteiger partial charge in [-0.2, -0.15) is 5.10 Å². The van der Waals surface area contributed by atoms with Gasteiger partial charge in [0.05, 0.1) is 12.8 Å². The van der Waals surface area contributed by atoms with E-state index in [1.54, 1.807) is 41.1 Å². The Morgan fingerprint density at radius 1 is 1.10 bits per heavy atom. The third-order valence-electron chi connectivity index (χ3n) is 4.67. The number of ether oxygens (including phenoxy) is 1. The second-order valence-corrected chi connectivity index (χ2v) is 6.89. The van der Waals surface area contributed by atoms with Crippen LogP contribution in [0.5, 0.6) is 5.75 Å². The fraction of sp³-hybridized carbons (Fsp3) is 0.263. The molecule has 0 unspecified atom stereocenters. The molecular formula is C19H20ClN7O2. The molecular weight excluding hydrogens is 394 g/mol. The van der Waals surface area contributed by atoms with Crippen molar-refractivity contribution >= 4 is 29.1 Å². The van der Waals surface area contributed by atoms with Crippen LogP contribution in [0.2, 0.25) is 5.02 Å². The summed E-state index contributed by atoms with van der Waals surface area (Å²) in [5, 5.41) is 16.1. The predicted molar refractivity (Wildman–Crippen MR) is 110 cm³/mol. The number of hydrogen-bond acceptors (Lipinski definition) is 6. The van der Waals surface area contributed by atoms with E-state index < -0.39 is 0 Å². The number of hydrogen-bond donors (Lipinski definition) is 1. The van der Waals surface area contributed by atoms with Gasteiger partial charge in [0.25, 0.3) is 0 Å². The largest absolute Gasteiger partial charge is 0.495 e. The Balaban J connectivity index is 1.35. The number of piperazine rings is 1. The van der Waals surface area contributed by atoms with Gasteiger partial charge in [0.2, 0.25) is 0 Å². The SMILES string of the molecule is COc1ccc(Cl)cc1NC(=O)N1CCN(c2ccc(-n3cccn3)nn2)CC1. The molecule has 1 aliphatic rings. The topological polar surface area (TPSA) is 88.4 Å². The summed E-state index contributed by atoms with van der Waals surface area (Å²) in [6, 6.07) is 10.5. The summed E-state index contributed by atoms with van der Waals surface area (Å²) in [6.45, 7) is 2.46. The molecule has 1 aromatic carbocycles. The zero-order valence-corrected chi connectivity index (χ0v) is 16.6. The number of nitrogens with zero attached hydrogens (tertiary/aromatic N) is 6. The maximum absolute atomic E-state index is 12.6. The van der Waals surface area contributed by atoms with E-state index in [9.17, 15) is 4.79 Å². The number of benzene rings is 1. The molecule has 1 saturated heterocycles. The first-order valence-corrected chi connectivity index (χ1v) is 9.50. The highest BCUT2D eigenvalue weighted by atomic mass is 35.5. The van der Waals surface area contributed by atoms with E-state index in [0.29, 0.717) is 48.5 Å². The second kappa shape index (κ2) is 8.36. The molecule has 9 nitrogen and oxygen atoms in total. The summed E-state index contributed by atoms with van der Waals surface area (Å²) in [4.78, 5) is 16.5. The Hall–Kier alpha value is -3.33. The summed E-state index contributed by atoms with van der Waals surface area (Å²) in [6.07, 6.45) is 3.51. The summed E-state index contributed by atoms with van der Waals surface area (Å²) >= 11 is 6.03. The van der Waals surface area contributed by atoms with Crippen molar-refractivity contribution in [3.05, 3.63) is 53.8 Å². The number of urea groups is 1. The Labute approximate surface area is 172 Å². The molecule has 1 N–H and O–H groups in total. The highest BCUT2D eigenvalue weighted by Crippen LogP contribution is 2.28. The molecule has 0 bridgehead atoms. The van der Waals surface area contributed by atoms with Crippen molar-refractivity contribution < 1.29 is 9.53 Å². The second-order valence-electron chi connectivity index (χ2n) is 6.45. The van der Waals surface area contributed by atoms with Crippen molar-refractivity contribution in [2.24, 2.45) is 0 Å². The predicted octanol–water partition coefficient (Wildman–Crippen LogP) is 2.68. The summed E-state index contributed by atoms with van der Waals surface area (Å²) in [7, 11) is 1.55. The number of nitrogens with one attached hydrogen (secondary N) is 1. The van der Waals surface area contributed by atoms with Gasteiger partial charge in [0, 0.05) is 43.6 Å². The van der Waals surface area contributed by atoms with Crippen LogP contribution in [-0.4, -0.2) is 64.2 Å². The van der Waals surface area contributed by atoms with Crippen molar-refractivity contribution in [2.45, 2.75) is 0 Å². The van der Waals surface area contributed by atoms with Crippen LogP contribution in [0.15, 0.2) is 48.8 Å². The van der Waals surface area contributed by atoms with E-state index in [1.807, 2.05) is 24.4 Å². The van der Waals surface area contributed by atoms with E-state index in [-0.39, 0.29) is 6.03 Å². The molecule has 0 saturated carbocycles. The molecule has 150 valence electrons. The van der Waals surface area contributed by atoms with E-state index >= 15 is 0 Å². The number of rotatable bonds is 4. The highest BCUT2D eigenvalue weighted by molar-refractivity contribution is 6.31. The fourth-order valence-electron chi connectivity index (χ4n) is 3.12. The molecule has 1 fully saturated rings. The Morgan fingerprint density at radius 3 is 2.52 bits per heavy atom. The molecule has 3 heterocycles. The van der Waals surface area contributed by atoms with E-state index in [0.717, 1.165) is 5.82 Å². The van der Waals surface area contributed by atoms with Crippen molar-refractivity contribution in [2.75, 3.05) is 43.5 Å². The molecule has 0 aliphatic carbocycles. The third kappa shape index (κ3) is 4.24. The van der Waals surface area contributed by atoms with Crippen LogP contribution in [0.4, 0.5) is 16.3 Å². The maximum atomic E-state index is 12.6. The lowest BCUT2D eigenvalue weighted by atomic mass is 10.3. The zero-order valence-electron chi connectivity index (χ0n) is 15.8. The van der Waals surface area contributed by atoms with Crippen LogP contribution in [0.3, 0.4) is 0 Å². The molecule has 0 radical (unpaired) electrons. The van der Waals surface area contributed by atoms with Gasteiger partial charge in [-0.3, -0.25) is 0 Å². The average molecular weight is 414 g/mol. The molecule has 4 rings (SSSR count). The van der Waals surface area contributed by atoms with Crippen LogP contribution >= 0.6 is 11.6 Å². The molecule has 0 atom stereocenters. The number of anilines is 2. The number of methoxy groups -OCH3 is 1. The van der Waals surface area contributed by atoms with Crippen molar-refractivity contribution in [1.29, 1.82) is 0 Å². The van der Waals surface area contributed by atoms with Gasteiger partial charge in [-0.25, -0.2) is 9.48 Å². The van der Waals surface area contributed by atoms with Gasteiger partial charge < -0.3 is 19.9 Å². The lowest BCUT2D eigenvalue weighted by Crippen LogP contribution is -2.50. The molecule has 10 heteroatoms. The first kappa shape index (κ1) is 19.0. The van der Waals surface area contributed by atoms with Crippen LogP contribution < -0.4 is 15.0 Å². The van der Waals surface area contributed by atoms with Gasteiger partial charge in [-0.15, -0.1) is 10.2 Å². The Bertz CT molecular complexity index is 971. The van der Waals surface area contributed by atoms with E-state index in [4.69, 9.17) is 16.3 Å². The van der Waals surface area contributed by atoms with Gasteiger partial charge in [0.1, 0.15) is 5.75 Å². The lowest BCUT2D eigenvalue weighted by Gasteiger charge is -2.35. The number of carbonyl (C=O) groups is 1.